The molecule has 0 saturated carbocycles. The second kappa shape index (κ2) is 9.66. The molecule has 0 spiro atoms. The van der Waals surface area contributed by atoms with Crippen LogP contribution in [0.2, 0.25) is 10.0 Å². The highest BCUT2D eigenvalue weighted by Gasteiger charge is 2.16. The van der Waals surface area contributed by atoms with E-state index in [1.807, 2.05) is 18.2 Å². The number of hydrogen-bond acceptors (Lipinski definition) is 7. The van der Waals surface area contributed by atoms with Crippen molar-refractivity contribution in [2.45, 2.75) is 19.1 Å². The topological polar surface area (TPSA) is 74.7 Å². The number of nitrogens with zero attached hydrogens (tertiary/aromatic N) is 2. The van der Waals surface area contributed by atoms with Gasteiger partial charge in [0.1, 0.15) is 12.1 Å². The van der Waals surface area contributed by atoms with Crippen LogP contribution in [0.3, 0.4) is 0 Å². The highest BCUT2D eigenvalue weighted by atomic mass is 35.5. The van der Waals surface area contributed by atoms with Crippen LogP contribution in [0.1, 0.15) is 12.8 Å². The van der Waals surface area contributed by atoms with Gasteiger partial charge >= 0.3 is 0 Å². The second-order valence-electron chi connectivity index (χ2n) is 6.66. The summed E-state index contributed by atoms with van der Waals surface area (Å²) in [6, 6.07) is 8.96. The number of hydrogen-bond donors (Lipinski definition) is 1. The quantitative estimate of drug-likeness (QED) is 0.529. The maximum atomic E-state index is 6.11. The first-order valence-electron chi connectivity index (χ1n) is 9.55. The van der Waals surface area contributed by atoms with Crippen molar-refractivity contribution in [3.05, 3.63) is 46.7 Å². The van der Waals surface area contributed by atoms with Crippen LogP contribution < -0.4 is 14.8 Å². The van der Waals surface area contributed by atoms with E-state index in [9.17, 15) is 0 Å². The number of benzene rings is 2. The predicted molar refractivity (Wildman–Crippen MR) is 116 cm³/mol. The molecule has 1 saturated heterocycles. The van der Waals surface area contributed by atoms with Gasteiger partial charge in [-0.2, -0.15) is 0 Å². The first-order chi connectivity index (χ1) is 14.6. The molecule has 0 unspecified atom stereocenters. The molecule has 1 aliphatic heterocycles. The van der Waals surface area contributed by atoms with Crippen molar-refractivity contribution in [3.8, 4) is 11.5 Å². The van der Waals surface area contributed by atoms with Gasteiger partial charge in [-0.15, -0.1) is 0 Å². The SMILES string of the molecule is COc1cc2c(Nc3ccc(Cl)c(Cl)c3)ncnc2cc1OCCC1OCCCO1. The molecule has 1 fully saturated rings. The molecular formula is C21H21Cl2N3O4. The Morgan fingerprint density at radius 1 is 1.07 bits per heavy atom. The van der Waals surface area contributed by atoms with E-state index in [0.717, 1.165) is 30.7 Å². The van der Waals surface area contributed by atoms with Gasteiger partial charge in [0.15, 0.2) is 17.8 Å². The molecule has 2 aromatic carbocycles. The molecule has 2 heterocycles. The van der Waals surface area contributed by atoms with Crippen molar-refractivity contribution in [3.63, 3.8) is 0 Å². The lowest BCUT2D eigenvalue weighted by atomic mass is 10.2. The third-order valence-electron chi connectivity index (χ3n) is 4.61. The molecule has 1 N–H and O–H groups in total. The number of nitrogens with one attached hydrogen (secondary N) is 1. The van der Waals surface area contributed by atoms with E-state index in [2.05, 4.69) is 15.3 Å². The minimum Gasteiger partial charge on any atom is -0.493 e. The summed E-state index contributed by atoms with van der Waals surface area (Å²) in [5.74, 6) is 1.80. The molecule has 4 rings (SSSR count). The molecule has 30 heavy (non-hydrogen) atoms. The van der Waals surface area contributed by atoms with Gasteiger partial charge < -0.3 is 24.3 Å². The Labute approximate surface area is 184 Å². The fourth-order valence-electron chi connectivity index (χ4n) is 3.11. The van der Waals surface area contributed by atoms with Crippen molar-refractivity contribution in [2.75, 3.05) is 32.2 Å². The number of aromatic nitrogens is 2. The van der Waals surface area contributed by atoms with Crippen LogP contribution in [0.4, 0.5) is 11.5 Å². The number of ether oxygens (including phenoxy) is 4. The molecular weight excluding hydrogens is 429 g/mol. The first-order valence-corrected chi connectivity index (χ1v) is 10.3. The molecule has 0 amide bonds. The molecule has 1 aromatic heterocycles. The van der Waals surface area contributed by atoms with Gasteiger partial charge in [0.2, 0.25) is 0 Å². The summed E-state index contributed by atoms with van der Waals surface area (Å²) < 4.78 is 22.6. The van der Waals surface area contributed by atoms with E-state index in [1.54, 1.807) is 19.2 Å². The minimum absolute atomic E-state index is 0.227. The Morgan fingerprint density at radius 2 is 1.90 bits per heavy atom. The highest BCUT2D eigenvalue weighted by Crippen LogP contribution is 2.35. The lowest BCUT2D eigenvalue weighted by Crippen LogP contribution is -2.26. The zero-order chi connectivity index (χ0) is 20.9. The Kier molecular flexibility index (Phi) is 6.74. The Morgan fingerprint density at radius 3 is 2.67 bits per heavy atom. The Bertz CT molecular complexity index is 1030. The third-order valence-corrected chi connectivity index (χ3v) is 5.35. The van der Waals surface area contributed by atoms with Crippen LogP contribution in [-0.2, 0) is 9.47 Å². The highest BCUT2D eigenvalue weighted by molar-refractivity contribution is 6.42. The van der Waals surface area contributed by atoms with Gasteiger partial charge in [0.05, 0.1) is 42.5 Å². The van der Waals surface area contributed by atoms with E-state index in [4.69, 9.17) is 42.1 Å². The van der Waals surface area contributed by atoms with Gasteiger partial charge in [-0.05, 0) is 30.7 Å². The van der Waals surface area contributed by atoms with Crippen LogP contribution in [0.25, 0.3) is 10.9 Å². The monoisotopic (exact) mass is 449 g/mol. The summed E-state index contributed by atoms with van der Waals surface area (Å²) >= 11 is 12.1. The summed E-state index contributed by atoms with van der Waals surface area (Å²) in [6.45, 7) is 1.87. The number of methoxy groups -OCH3 is 1. The van der Waals surface area contributed by atoms with Crippen LogP contribution in [-0.4, -0.2) is 43.2 Å². The van der Waals surface area contributed by atoms with Gasteiger partial charge in [-0.25, -0.2) is 9.97 Å². The van der Waals surface area contributed by atoms with Crippen molar-refractivity contribution in [1.29, 1.82) is 0 Å². The van der Waals surface area contributed by atoms with Crippen molar-refractivity contribution >= 4 is 45.6 Å². The standard InChI is InChI=1S/C21H21Cl2N3O4/c1-27-18-10-14-17(11-19(18)28-8-5-20-29-6-2-7-30-20)24-12-25-21(14)26-13-3-4-15(22)16(23)9-13/h3-4,9-12,20H,2,5-8H2,1H3,(H,24,25,26). The predicted octanol–water partition coefficient (Wildman–Crippen LogP) is 5.22. The summed E-state index contributed by atoms with van der Waals surface area (Å²) in [4.78, 5) is 8.72. The molecule has 0 aliphatic carbocycles. The number of rotatable bonds is 7. The summed E-state index contributed by atoms with van der Waals surface area (Å²) in [6.07, 6.45) is 2.82. The number of anilines is 2. The molecule has 3 aromatic rings. The number of fused-ring (bicyclic) bond motifs is 1. The van der Waals surface area contributed by atoms with Crippen LogP contribution in [0.15, 0.2) is 36.7 Å². The minimum atomic E-state index is -0.227. The normalized spacial score (nSPS) is 14.6. The average Bonchev–Trinajstić information content (AvgIpc) is 2.77. The van der Waals surface area contributed by atoms with Gasteiger partial charge in [0.25, 0.3) is 0 Å². The largest absolute Gasteiger partial charge is 0.493 e. The zero-order valence-electron chi connectivity index (χ0n) is 16.4. The fraction of sp³-hybridized carbons (Fsp3) is 0.333. The first kappa shape index (κ1) is 20.9. The summed E-state index contributed by atoms with van der Waals surface area (Å²) in [7, 11) is 1.59. The van der Waals surface area contributed by atoms with Crippen molar-refractivity contribution in [2.24, 2.45) is 0 Å². The van der Waals surface area contributed by atoms with Gasteiger partial charge in [-0.1, -0.05) is 23.2 Å². The molecule has 0 radical (unpaired) electrons. The van der Waals surface area contributed by atoms with E-state index < -0.39 is 0 Å². The summed E-state index contributed by atoms with van der Waals surface area (Å²) in [5, 5.41) is 4.98. The second-order valence-corrected chi connectivity index (χ2v) is 7.47. The van der Waals surface area contributed by atoms with Gasteiger partial charge in [-0.3, -0.25) is 0 Å². The Balaban J connectivity index is 1.54. The molecule has 7 nitrogen and oxygen atoms in total. The molecule has 0 atom stereocenters. The van der Waals surface area contributed by atoms with Crippen molar-refractivity contribution < 1.29 is 18.9 Å². The number of halogens is 2. The lowest BCUT2D eigenvalue weighted by Gasteiger charge is -2.23. The molecule has 9 heteroatoms. The van der Waals surface area contributed by atoms with Crippen LogP contribution >= 0.6 is 23.2 Å². The molecule has 158 valence electrons. The smallest absolute Gasteiger partial charge is 0.163 e. The van der Waals surface area contributed by atoms with E-state index in [-0.39, 0.29) is 6.29 Å². The van der Waals surface area contributed by atoms with Crippen LogP contribution in [0, 0.1) is 0 Å². The Hall–Kier alpha value is -2.32. The average molecular weight is 450 g/mol. The third kappa shape index (κ3) is 4.87. The van der Waals surface area contributed by atoms with Crippen molar-refractivity contribution in [1.82, 2.24) is 9.97 Å². The van der Waals surface area contributed by atoms with E-state index in [1.165, 1.54) is 6.33 Å². The zero-order valence-corrected chi connectivity index (χ0v) is 17.9. The lowest BCUT2D eigenvalue weighted by molar-refractivity contribution is -0.183. The molecule has 1 aliphatic rings. The molecule has 0 bridgehead atoms. The van der Waals surface area contributed by atoms with Crippen LogP contribution in [0.5, 0.6) is 11.5 Å². The fourth-order valence-corrected chi connectivity index (χ4v) is 3.41. The maximum Gasteiger partial charge on any atom is 0.163 e. The van der Waals surface area contributed by atoms with Gasteiger partial charge in [0, 0.05) is 23.6 Å². The van der Waals surface area contributed by atoms with E-state index in [0.29, 0.717) is 45.9 Å². The summed E-state index contributed by atoms with van der Waals surface area (Å²) in [5.41, 5.74) is 1.48. The van der Waals surface area contributed by atoms with E-state index >= 15 is 0 Å². The maximum absolute atomic E-state index is 6.11.